The summed E-state index contributed by atoms with van der Waals surface area (Å²) < 4.78 is 4.80. The van der Waals surface area contributed by atoms with E-state index in [1.54, 1.807) is 6.92 Å². The van der Waals surface area contributed by atoms with Crippen LogP contribution in [-0.2, 0) is 9.53 Å². The fourth-order valence-corrected chi connectivity index (χ4v) is 2.46. The molecule has 1 aromatic rings. The predicted molar refractivity (Wildman–Crippen MR) is 82.2 cm³/mol. The van der Waals surface area contributed by atoms with Crippen molar-refractivity contribution in [3.05, 3.63) is 34.9 Å². The molecule has 0 saturated heterocycles. The molecule has 21 heavy (non-hydrogen) atoms. The Morgan fingerprint density at radius 3 is 1.95 bits per heavy atom. The van der Waals surface area contributed by atoms with Crippen molar-refractivity contribution in [2.75, 3.05) is 6.61 Å². The number of carbonyl (C=O) groups excluding carboxylic acids is 1. The van der Waals surface area contributed by atoms with Crippen molar-refractivity contribution in [3.8, 4) is 0 Å². The molecule has 0 amide bonds. The standard InChI is InChI=1S/C17H26O4/c1-6-21-17(20)16(19)15(18)14-12(10(2)3)8-7-9-13(14)11(4)5/h7-11,15-16,18-19H,6H2,1-5H3. The summed E-state index contributed by atoms with van der Waals surface area (Å²) in [5, 5.41) is 20.6. The minimum atomic E-state index is -1.57. The Labute approximate surface area is 126 Å². The zero-order valence-electron chi connectivity index (χ0n) is 13.5. The van der Waals surface area contributed by atoms with E-state index in [9.17, 15) is 15.0 Å². The molecule has 2 atom stereocenters. The Bertz CT molecular complexity index is 453. The van der Waals surface area contributed by atoms with E-state index in [2.05, 4.69) is 0 Å². The van der Waals surface area contributed by atoms with Gasteiger partial charge in [0.15, 0.2) is 6.10 Å². The summed E-state index contributed by atoms with van der Waals surface area (Å²) in [7, 11) is 0. The van der Waals surface area contributed by atoms with Gasteiger partial charge in [-0.3, -0.25) is 0 Å². The zero-order valence-corrected chi connectivity index (χ0v) is 13.5. The van der Waals surface area contributed by atoms with Gasteiger partial charge in [0.2, 0.25) is 0 Å². The third kappa shape index (κ3) is 4.05. The van der Waals surface area contributed by atoms with Crippen LogP contribution >= 0.6 is 0 Å². The molecule has 0 aromatic heterocycles. The molecule has 0 fully saturated rings. The molecule has 0 aliphatic rings. The number of esters is 1. The van der Waals surface area contributed by atoms with E-state index in [0.29, 0.717) is 5.56 Å². The van der Waals surface area contributed by atoms with Gasteiger partial charge in [-0.2, -0.15) is 0 Å². The lowest BCUT2D eigenvalue weighted by atomic mass is 9.84. The highest BCUT2D eigenvalue weighted by Gasteiger charge is 2.31. The predicted octanol–water partition coefficient (Wildman–Crippen LogP) is 2.89. The van der Waals surface area contributed by atoms with Crippen LogP contribution in [0.4, 0.5) is 0 Å². The monoisotopic (exact) mass is 294 g/mol. The van der Waals surface area contributed by atoms with Gasteiger partial charge in [-0.15, -0.1) is 0 Å². The van der Waals surface area contributed by atoms with Crippen molar-refractivity contribution in [1.82, 2.24) is 0 Å². The van der Waals surface area contributed by atoms with Crippen LogP contribution in [0.25, 0.3) is 0 Å². The smallest absolute Gasteiger partial charge is 0.338 e. The number of aliphatic hydroxyl groups excluding tert-OH is 2. The fourth-order valence-electron chi connectivity index (χ4n) is 2.46. The number of benzene rings is 1. The molecule has 0 aliphatic carbocycles. The van der Waals surface area contributed by atoms with E-state index in [1.165, 1.54) is 0 Å². The lowest BCUT2D eigenvalue weighted by Gasteiger charge is -2.25. The van der Waals surface area contributed by atoms with E-state index in [1.807, 2.05) is 45.9 Å². The molecule has 4 nitrogen and oxygen atoms in total. The molecule has 0 bridgehead atoms. The van der Waals surface area contributed by atoms with Crippen LogP contribution in [0.15, 0.2) is 18.2 Å². The van der Waals surface area contributed by atoms with Gasteiger partial charge in [-0.25, -0.2) is 4.79 Å². The lowest BCUT2D eigenvalue weighted by molar-refractivity contribution is -0.159. The largest absolute Gasteiger partial charge is 0.464 e. The van der Waals surface area contributed by atoms with Crippen LogP contribution in [0.3, 0.4) is 0 Å². The van der Waals surface area contributed by atoms with Gasteiger partial charge in [0.1, 0.15) is 6.10 Å². The summed E-state index contributed by atoms with van der Waals surface area (Å²) in [6.45, 7) is 9.92. The topological polar surface area (TPSA) is 66.8 Å². The number of aliphatic hydroxyl groups is 2. The van der Waals surface area contributed by atoms with Gasteiger partial charge in [0.05, 0.1) is 6.61 Å². The summed E-state index contributed by atoms with van der Waals surface area (Å²) in [6, 6.07) is 5.79. The molecule has 2 N–H and O–H groups in total. The highest BCUT2D eigenvalue weighted by molar-refractivity contribution is 5.75. The summed E-state index contributed by atoms with van der Waals surface area (Å²) in [4.78, 5) is 11.7. The normalized spacial score (nSPS) is 14.3. The van der Waals surface area contributed by atoms with Gasteiger partial charge in [-0.1, -0.05) is 45.9 Å². The first-order valence-electron chi connectivity index (χ1n) is 7.46. The summed E-state index contributed by atoms with van der Waals surface area (Å²) in [6.07, 6.45) is -2.85. The Morgan fingerprint density at radius 1 is 1.10 bits per heavy atom. The second-order valence-electron chi connectivity index (χ2n) is 5.80. The van der Waals surface area contributed by atoms with Crippen LogP contribution in [0, 0.1) is 0 Å². The van der Waals surface area contributed by atoms with Crippen molar-refractivity contribution in [2.24, 2.45) is 0 Å². The van der Waals surface area contributed by atoms with Gasteiger partial charge < -0.3 is 14.9 Å². The van der Waals surface area contributed by atoms with E-state index >= 15 is 0 Å². The van der Waals surface area contributed by atoms with Crippen LogP contribution in [0.1, 0.15) is 69.2 Å². The average molecular weight is 294 g/mol. The third-order valence-corrected chi connectivity index (χ3v) is 3.54. The minimum absolute atomic E-state index is 0.172. The summed E-state index contributed by atoms with van der Waals surface area (Å²) in [5.74, 6) is -0.427. The Balaban J connectivity index is 3.28. The molecular formula is C17H26O4. The minimum Gasteiger partial charge on any atom is -0.464 e. The first-order chi connectivity index (χ1) is 9.81. The van der Waals surface area contributed by atoms with Gasteiger partial charge in [-0.05, 0) is 35.4 Å². The van der Waals surface area contributed by atoms with Gasteiger partial charge in [0, 0.05) is 0 Å². The second-order valence-corrected chi connectivity index (χ2v) is 5.80. The van der Waals surface area contributed by atoms with Crippen molar-refractivity contribution >= 4 is 5.97 Å². The van der Waals surface area contributed by atoms with Crippen LogP contribution in [0.2, 0.25) is 0 Å². The van der Waals surface area contributed by atoms with Crippen molar-refractivity contribution in [1.29, 1.82) is 0 Å². The van der Waals surface area contributed by atoms with Crippen LogP contribution in [-0.4, -0.2) is 28.9 Å². The molecular weight excluding hydrogens is 268 g/mol. The molecule has 0 spiro atoms. The second kappa shape index (κ2) is 7.57. The molecule has 0 radical (unpaired) electrons. The van der Waals surface area contributed by atoms with Crippen molar-refractivity contribution in [3.63, 3.8) is 0 Å². The first-order valence-corrected chi connectivity index (χ1v) is 7.46. The van der Waals surface area contributed by atoms with E-state index in [-0.39, 0.29) is 18.4 Å². The molecule has 1 rings (SSSR count). The van der Waals surface area contributed by atoms with Crippen molar-refractivity contribution in [2.45, 2.75) is 58.7 Å². The zero-order chi connectivity index (χ0) is 16.2. The SMILES string of the molecule is CCOC(=O)C(O)C(O)c1c(C(C)C)cccc1C(C)C. The average Bonchev–Trinajstić information content (AvgIpc) is 2.44. The number of hydrogen-bond acceptors (Lipinski definition) is 4. The highest BCUT2D eigenvalue weighted by Crippen LogP contribution is 2.34. The van der Waals surface area contributed by atoms with Crippen LogP contribution in [0.5, 0.6) is 0 Å². The number of rotatable bonds is 6. The Hall–Kier alpha value is -1.39. The number of ether oxygens (including phenoxy) is 1. The molecule has 2 unspecified atom stereocenters. The Kier molecular flexibility index (Phi) is 6.37. The number of carbonyl (C=O) groups is 1. The Morgan fingerprint density at radius 2 is 1.57 bits per heavy atom. The van der Waals surface area contributed by atoms with Crippen LogP contribution < -0.4 is 0 Å². The maximum atomic E-state index is 11.7. The first kappa shape index (κ1) is 17.7. The van der Waals surface area contributed by atoms with Crippen molar-refractivity contribution < 1.29 is 19.7 Å². The maximum Gasteiger partial charge on any atom is 0.338 e. The van der Waals surface area contributed by atoms with Gasteiger partial charge in [0.25, 0.3) is 0 Å². The maximum absolute atomic E-state index is 11.7. The third-order valence-electron chi connectivity index (χ3n) is 3.54. The molecule has 4 heteroatoms. The summed E-state index contributed by atoms with van der Waals surface area (Å²) in [5.41, 5.74) is 2.53. The fraction of sp³-hybridized carbons (Fsp3) is 0.588. The van der Waals surface area contributed by atoms with E-state index in [4.69, 9.17) is 4.74 Å². The van der Waals surface area contributed by atoms with Gasteiger partial charge >= 0.3 is 5.97 Å². The number of hydrogen-bond donors (Lipinski definition) is 2. The molecule has 0 heterocycles. The highest BCUT2D eigenvalue weighted by atomic mass is 16.5. The molecule has 0 saturated carbocycles. The van der Waals surface area contributed by atoms with E-state index < -0.39 is 18.2 Å². The lowest BCUT2D eigenvalue weighted by Crippen LogP contribution is -2.31. The molecule has 118 valence electrons. The van der Waals surface area contributed by atoms with E-state index in [0.717, 1.165) is 11.1 Å². The summed E-state index contributed by atoms with van der Waals surface area (Å²) >= 11 is 0. The molecule has 1 aromatic carbocycles. The quantitative estimate of drug-likeness (QED) is 0.792. The molecule has 0 aliphatic heterocycles.